The van der Waals surface area contributed by atoms with Gasteiger partial charge in [0.25, 0.3) is 10.2 Å². The summed E-state index contributed by atoms with van der Waals surface area (Å²) in [5.41, 5.74) is 7.04. The molecule has 1 aliphatic rings. The summed E-state index contributed by atoms with van der Waals surface area (Å²) >= 11 is 0. The van der Waals surface area contributed by atoms with E-state index in [0.29, 0.717) is 32.7 Å². The molecule has 1 aliphatic heterocycles. The van der Waals surface area contributed by atoms with E-state index >= 15 is 0 Å². The van der Waals surface area contributed by atoms with Crippen molar-refractivity contribution in [2.45, 2.75) is 19.8 Å². The predicted octanol–water partition coefficient (Wildman–Crippen LogP) is 1.25. The molecule has 1 aromatic rings. The van der Waals surface area contributed by atoms with Crippen LogP contribution in [-0.4, -0.2) is 49.8 Å². The zero-order valence-corrected chi connectivity index (χ0v) is 13.6. The first-order valence-electron chi connectivity index (χ1n) is 7.54. The van der Waals surface area contributed by atoms with E-state index in [2.05, 4.69) is 12.1 Å². The highest BCUT2D eigenvalue weighted by Gasteiger charge is 2.40. The van der Waals surface area contributed by atoms with Crippen LogP contribution < -0.4 is 5.73 Å². The summed E-state index contributed by atoms with van der Waals surface area (Å²) in [5.74, 6) is 0.360. The van der Waals surface area contributed by atoms with Crippen LogP contribution in [0.1, 0.15) is 25.3 Å². The van der Waals surface area contributed by atoms with Gasteiger partial charge in [-0.15, -0.1) is 0 Å². The number of hydrogen-bond acceptors (Lipinski definition) is 3. The van der Waals surface area contributed by atoms with Crippen molar-refractivity contribution >= 4 is 10.2 Å². The van der Waals surface area contributed by atoms with E-state index in [-0.39, 0.29) is 11.8 Å². The monoisotopic (exact) mass is 311 g/mol. The summed E-state index contributed by atoms with van der Waals surface area (Å²) in [5, 5.41) is 0. The third kappa shape index (κ3) is 3.29. The molecule has 0 aliphatic carbocycles. The second kappa shape index (κ2) is 6.87. The molecule has 2 rings (SSSR count). The van der Waals surface area contributed by atoms with Crippen molar-refractivity contribution in [3.05, 3.63) is 35.9 Å². The summed E-state index contributed by atoms with van der Waals surface area (Å²) in [6, 6.07) is 10.1. The smallest absolute Gasteiger partial charge is 0.281 e. The van der Waals surface area contributed by atoms with Gasteiger partial charge < -0.3 is 5.73 Å². The van der Waals surface area contributed by atoms with Crippen LogP contribution in [-0.2, 0) is 10.2 Å². The normalized spacial score (nSPS) is 23.8. The first-order valence-corrected chi connectivity index (χ1v) is 8.94. The van der Waals surface area contributed by atoms with Gasteiger partial charge in [0.15, 0.2) is 0 Å². The van der Waals surface area contributed by atoms with Crippen molar-refractivity contribution in [3.63, 3.8) is 0 Å². The van der Waals surface area contributed by atoms with Gasteiger partial charge in [-0.3, -0.25) is 0 Å². The lowest BCUT2D eigenvalue weighted by Gasteiger charge is -2.25. The van der Waals surface area contributed by atoms with E-state index in [1.807, 2.05) is 32.0 Å². The van der Waals surface area contributed by atoms with Crippen LogP contribution >= 0.6 is 0 Å². The molecule has 6 heteroatoms. The van der Waals surface area contributed by atoms with Crippen molar-refractivity contribution in [1.82, 2.24) is 8.61 Å². The standard InChI is InChI=1S/C15H25N3O2S/c1-3-17(4-2)21(19,20)18-11-14(10-16)15(12-18)13-8-6-5-7-9-13/h5-9,14-15H,3-4,10-12,16H2,1-2H3/t14-,15+/m1/s1. The molecule has 0 radical (unpaired) electrons. The lowest BCUT2D eigenvalue weighted by molar-refractivity contribution is 0.373. The van der Waals surface area contributed by atoms with E-state index in [1.165, 1.54) is 9.87 Å². The maximum absolute atomic E-state index is 12.6. The van der Waals surface area contributed by atoms with Gasteiger partial charge in [0.1, 0.15) is 0 Å². The molecule has 0 aromatic heterocycles. The maximum atomic E-state index is 12.6. The number of rotatable bonds is 6. The fourth-order valence-electron chi connectivity index (χ4n) is 3.05. The Kier molecular flexibility index (Phi) is 5.37. The van der Waals surface area contributed by atoms with Crippen molar-refractivity contribution < 1.29 is 8.42 Å². The van der Waals surface area contributed by atoms with Crippen LogP contribution in [0.2, 0.25) is 0 Å². The van der Waals surface area contributed by atoms with Crippen LogP contribution in [0.3, 0.4) is 0 Å². The second-order valence-corrected chi connectivity index (χ2v) is 7.35. The van der Waals surface area contributed by atoms with Crippen molar-refractivity contribution in [2.24, 2.45) is 11.7 Å². The Morgan fingerprint density at radius 1 is 1.19 bits per heavy atom. The molecule has 0 spiro atoms. The van der Waals surface area contributed by atoms with E-state index in [1.54, 1.807) is 4.31 Å². The van der Waals surface area contributed by atoms with Gasteiger partial charge in [0.2, 0.25) is 0 Å². The molecule has 1 fully saturated rings. The Morgan fingerprint density at radius 3 is 2.33 bits per heavy atom. The van der Waals surface area contributed by atoms with E-state index in [0.717, 1.165) is 0 Å². The molecule has 0 unspecified atom stereocenters. The number of hydrogen-bond donors (Lipinski definition) is 1. The van der Waals surface area contributed by atoms with Crippen molar-refractivity contribution in [1.29, 1.82) is 0 Å². The van der Waals surface area contributed by atoms with Gasteiger partial charge in [-0.1, -0.05) is 44.2 Å². The van der Waals surface area contributed by atoms with E-state index in [4.69, 9.17) is 5.73 Å². The Morgan fingerprint density at radius 2 is 1.81 bits per heavy atom. The zero-order valence-electron chi connectivity index (χ0n) is 12.8. The highest BCUT2D eigenvalue weighted by molar-refractivity contribution is 7.86. The average molecular weight is 311 g/mol. The molecule has 2 N–H and O–H groups in total. The highest BCUT2D eigenvalue weighted by atomic mass is 32.2. The molecule has 0 bridgehead atoms. The third-order valence-corrected chi connectivity index (χ3v) is 6.42. The number of nitrogens with two attached hydrogens (primary N) is 1. The van der Waals surface area contributed by atoms with Crippen LogP contribution in [0.25, 0.3) is 0 Å². The van der Waals surface area contributed by atoms with E-state index in [9.17, 15) is 8.42 Å². The summed E-state index contributed by atoms with van der Waals surface area (Å²) in [7, 11) is -3.37. The molecule has 2 atom stereocenters. The van der Waals surface area contributed by atoms with Gasteiger partial charge in [0.05, 0.1) is 0 Å². The average Bonchev–Trinajstić information content (AvgIpc) is 2.94. The van der Waals surface area contributed by atoms with Crippen LogP contribution in [0.15, 0.2) is 30.3 Å². The molecule has 0 saturated carbocycles. The van der Waals surface area contributed by atoms with Crippen molar-refractivity contribution in [2.75, 3.05) is 32.7 Å². The molecule has 1 aromatic carbocycles. The van der Waals surface area contributed by atoms with Crippen molar-refractivity contribution in [3.8, 4) is 0 Å². The highest BCUT2D eigenvalue weighted by Crippen LogP contribution is 2.34. The molecule has 1 saturated heterocycles. The quantitative estimate of drug-likeness (QED) is 0.860. The van der Waals surface area contributed by atoms with Gasteiger partial charge >= 0.3 is 0 Å². The van der Waals surface area contributed by atoms with Crippen LogP contribution in [0.4, 0.5) is 0 Å². The Bertz CT molecular complexity index is 543. The van der Waals surface area contributed by atoms with E-state index < -0.39 is 10.2 Å². The van der Waals surface area contributed by atoms with Gasteiger partial charge in [-0.25, -0.2) is 0 Å². The zero-order chi connectivity index (χ0) is 15.5. The topological polar surface area (TPSA) is 66.6 Å². The largest absolute Gasteiger partial charge is 0.330 e. The number of benzene rings is 1. The summed E-state index contributed by atoms with van der Waals surface area (Å²) in [6.07, 6.45) is 0. The SMILES string of the molecule is CCN(CC)S(=O)(=O)N1C[C@@H](CN)[C@H](c2ccccc2)C1. The molecular weight excluding hydrogens is 286 g/mol. The molecule has 0 amide bonds. The first kappa shape index (κ1) is 16.4. The van der Waals surface area contributed by atoms with Gasteiger partial charge in [0, 0.05) is 32.1 Å². The molecule has 1 heterocycles. The third-order valence-electron chi connectivity index (χ3n) is 4.30. The Balaban J connectivity index is 2.23. The van der Waals surface area contributed by atoms with Crippen LogP contribution in [0.5, 0.6) is 0 Å². The molecular formula is C15H25N3O2S. The minimum absolute atomic E-state index is 0.178. The summed E-state index contributed by atoms with van der Waals surface area (Å²) in [4.78, 5) is 0. The molecule has 5 nitrogen and oxygen atoms in total. The fourth-order valence-corrected chi connectivity index (χ4v) is 4.76. The summed E-state index contributed by atoms with van der Waals surface area (Å²) < 4.78 is 28.4. The number of nitrogens with zero attached hydrogens (tertiary/aromatic N) is 2. The van der Waals surface area contributed by atoms with Gasteiger partial charge in [-0.2, -0.15) is 17.0 Å². The summed E-state index contributed by atoms with van der Waals surface area (Å²) in [6.45, 7) is 6.26. The Hall–Kier alpha value is -0.950. The lowest BCUT2D eigenvalue weighted by atomic mass is 9.89. The Labute approximate surface area is 127 Å². The maximum Gasteiger partial charge on any atom is 0.281 e. The van der Waals surface area contributed by atoms with Gasteiger partial charge in [-0.05, 0) is 18.0 Å². The fraction of sp³-hybridized carbons (Fsp3) is 0.600. The first-order chi connectivity index (χ1) is 10.0. The molecule has 118 valence electrons. The second-order valence-electron chi connectivity index (χ2n) is 5.42. The minimum Gasteiger partial charge on any atom is -0.330 e. The predicted molar refractivity (Wildman–Crippen MR) is 85.1 cm³/mol. The molecule has 21 heavy (non-hydrogen) atoms. The lowest BCUT2D eigenvalue weighted by Crippen LogP contribution is -2.42. The minimum atomic E-state index is -3.37. The van der Waals surface area contributed by atoms with Crippen LogP contribution in [0, 0.1) is 5.92 Å².